The molecular formula is C27H34N6O5. The van der Waals surface area contributed by atoms with Gasteiger partial charge in [0.2, 0.25) is 5.88 Å². The molecule has 3 aromatic rings. The van der Waals surface area contributed by atoms with Crippen LogP contribution in [0.15, 0.2) is 47.5 Å². The third kappa shape index (κ3) is 6.46. The summed E-state index contributed by atoms with van der Waals surface area (Å²) in [5.41, 5.74) is 0.382. The number of amides is 1. The van der Waals surface area contributed by atoms with Crippen molar-refractivity contribution in [1.82, 2.24) is 24.5 Å². The Morgan fingerprint density at radius 1 is 1.26 bits per heavy atom. The molecule has 2 atom stereocenters. The van der Waals surface area contributed by atoms with Crippen molar-refractivity contribution >= 4 is 11.7 Å². The number of nitrogens with one attached hydrogen (secondary N) is 1. The van der Waals surface area contributed by atoms with Gasteiger partial charge in [-0.25, -0.2) is 9.67 Å². The number of pyridine rings is 1. The van der Waals surface area contributed by atoms with Gasteiger partial charge in [0.25, 0.3) is 11.5 Å². The Bertz CT molecular complexity index is 1330. The Morgan fingerprint density at radius 2 is 2.08 bits per heavy atom. The molecule has 1 amide bonds. The number of rotatable bonds is 9. The van der Waals surface area contributed by atoms with Crippen molar-refractivity contribution < 1.29 is 19.0 Å². The summed E-state index contributed by atoms with van der Waals surface area (Å²) < 4.78 is 20.1. The van der Waals surface area contributed by atoms with Crippen LogP contribution in [-0.2, 0) is 20.8 Å². The van der Waals surface area contributed by atoms with E-state index in [1.165, 1.54) is 16.9 Å². The molecule has 0 aromatic carbocycles. The van der Waals surface area contributed by atoms with E-state index in [1.807, 2.05) is 32.9 Å². The molecule has 38 heavy (non-hydrogen) atoms. The van der Waals surface area contributed by atoms with Gasteiger partial charge in [-0.1, -0.05) is 31.7 Å². The molecular weight excluding hydrogens is 488 g/mol. The Balaban J connectivity index is 1.30. The number of ether oxygens (including phenoxy) is 3. The smallest absolute Gasteiger partial charge is 0.271 e. The summed E-state index contributed by atoms with van der Waals surface area (Å²) in [6.45, 7) is 6.59. The first-order valence-corrected chi connectivity index (χ1v) is 13.1. The molecule has 1 saturated carbocycles. The van der Waals surface area contributed by atoms with Crippen LogP contribution in [0.3, 0.4) is 0 Å². The zero-order chi connectivity index (χ0) is 26.7. The molecule has 1 aliphatic heterocycles. The van der Waals surface area contributed by atoms with Gasteiger partial charge in [-0.2, -0.15) is 10.2 Å². The zero-order valence-electron chi connectivity index (χ0n) is 22.0. The predicted octanol–water partition coefficient (Wildman–Crippen LogP) is 3.85. The molecule has 1 N–H and O–H groups in total. The third-order valence-electron chi connectivity index (χ3n) is 6.87. The number of anilines is 1. The van der Waals surface area contributed by atoms with Crippen molar-refractivity contribution in [3.05, 3.63) is 58.8 Å². The molecule has 202 valence electrons. The number of aryl methyl sites for hydroxylation is 1. The first kappa shape index (κ1) is 26.1. The van der Waals surface area contributed by atoms with Crippen LogP contribution in [0.25, 0.3) is 0 Å². The van der Waals surface area contributed by atoms with Gasteiger partial charge >= 0.3 is 0 Å². The molecule has 2 fully saturated rings. The summed E-state index contributed by atoms with van der Waals surface area (Å²) >= 11 is 0. The van der Waals surface area contributed by atoms with Gasteiger partial charge in [-0.05, 0) is 39.2 Å². The lowest BCUT2D eigenvalue weighted by atomic mass is 9.98. The highest BCUT2D eigenvalue weighted by atomic mass is 16.7. The van der Waals surface area contributed by atoms with Crippen LogP contribution in [0.5, 0.6) is 11.6 Å². The predicted molar refractivity (Wildman–Crippen MR) is 139 cm³/mol. The monoisotopic (exact) mass is 522 g/mol. The van der Waals surface area contributed by atoms with E-state index in [4.69, 9.17) is 14.2 Å². The summed E-state index contributed by atoms with van der Waals surface area (Å²) in [6, 6.07) is 7.69. The van der Waals surface area contributed by atoms with E-state index in [0.29, 0.717) is 37.2 Å². The van der Waals surface area contributed by atoms with Gasteiger partial charge in [-0.3, -0.25) is 14.3 Å². The quantitative estimate of drug-likeness (QED) is 0.450. The highest BCUT2D eigenvalue weighted by Crippen LogP contribution is 2.32. The minimum absolute atomic E-state index is 0.123. The lowest BCUT2D eigenvalue weighted by molar-refractivity contribution is -0.139. The molecule has 4 heterocycles. The van der Waals surface area contributed by atoms with Crippen LogP contribution >= 0.6 is 0 Å². The molecule has 5 rings (SSSR count). The molecule has 0 radical (unpaired) electrons. The van der Waals surface area contributed by atoms with E-state index in [0.717, 1.165) is 31.4 Å². The average molecular weight is 523 g/mol. The van der Waals surface area contributed by atoms with Crippen molar-refractivity contribution in [2.24, 2.45) is 5.92 Å². The number of hydrogen-bond donors (Lipinski definition) is 1. The van der Waals surface area contributed by atoms with Crippen LogP contribution in [0.4, 0.5) is 5.82 Å². The summed E-state index contributed by atoms with van der Waals surface area (Å²) in [5.74, 6) is 0.463. The van der Waals surface area contributed by atoms with Crippen LogP contribution in [0.2, 0.25) is 0 Å². The second kappa shape index (κ2) is 11.0. The highest BCUT2D eigenvalue weighted by molar-refractivity contribution is 5.92. The minimum Gasteiger partial charge on any atom is -0.437 e. The molecule has 1 saturated heterocycles. The van der Waals surface area contributed by atoms with E-state index in [-0.39, 0.29) is 17.8 Å². The number of aromatic nitrogens is 5. The normalized spacial score (nSPS) is 19.9. The zero-order valence-corrected chi connectivity index (χ0v) is 22.0. The molecule has 0 spiro atoms. The standard InChI is InChI=1S/C27H34N6O5/c1-18-7-6-10-24(29-18)37-20-14-25(34)33(28-15-20)22(13-19-8-4-5-9-19)26(35)30-23-11-12-32(31-23)16-21-17-36-27(2,3)38-21/h6-7,10-12,14-15,19,21-22H,4-5,8-9,13,16-17H2,1-3H3,(H,30,31,35)/t21-,22?/m1/s1. The highest BCUT2D eigenvalue weighted by Gasteiger charge is 2.33. The van der Waals surface area contributed by atoms with Crippen LogP contribution < -0.4 is 15.6 Å². The van der Waals surface area contributed by atoms with Crippen LogP contribution in [-0.4, -0.2) is 49.0 Å². The summed E-state index contributed by atoms with van der Waals surface area (Å²) in [7, 11) is 0. The Hall–Kier alpha value is -3.57. The number of carbonyl (C=O) groups is 1. The van der Waals surface area contributed by atoms with Crippen molar-refractivity contribution in [3.63, 3.8) is 0 Å². The first-order valence-electron chi connectivity index (χ1n) is 13.1. The van der Waals surface area contributed by atoms with Gasteiger partial charge in [0.1, 0.15) is 12.1 Å². The molecule has 11 heteroatoms. The van der Waals surface area contributed by atoms with Gasteiger partial charge < -0.3 is 19.5 Å². The number of nitrogens with zero attached hydrogens (tertiary/aromatic N) is 5. The fourth-order valence-corrected chi connectivity index (χ4v) is 5.07. The molecule has 2 aliphatic rings. The number of carbonyl (C=O) groups excluding carboxylic acids is 1. The SMILES string of the molecule is Cc1cccc(Oc2cnn(C(CC3CCCC3)C(=O)Nc3ccn(C[C@@H]4COC(C)(C)O4)n3)c(=O)c2)n1. The Morgan fingerprint density at radius 3 is 2.79 bits per heavy atom. The molecule has 11 nitrogen and oxygen atoms in total. The van der Waals surface area contributed by atoms with Gasteiger partial charge in [0.05, 0.1) is 19.3 Å². The Kier molecular flexibility index (Phi) is 7.57. The van der Waals surface area contributed by atoms with E-state index >= 15 is 0 Å². The maximum Gasteiger partial charge on any atom is 0.271 e. The topological polar surface area (TPSA) is 122 Å². The molecule has 3 aromatic heterocycles. The van der Waals surface area contributed by atoms with Crippen molar-refractivity contribution in [1.29, 1.82) is 0 Å². The second-order valence-corrected chi connectivity index (χ2v) is 10.5. The summed E-state index contributed by atoms with van der Waals surface area (Å²) in [6.07, 6.45) is 7.97. The van der Waals surface area contributed by atoms with E-state index in [9.17, 15) is 9.59 Å². The number of hydrogen-bond acceptors (Lipinski definition) is 8. The molecule has 0 bridgehead atoms. The maximum absolute atomic E-state index is 13.5. The van der Waals surface area contributed by atoms with Crippen molar-refractivity contribution in [2.75, 3.05) is 11.9 Å². The first-order chi connectivity index (χ1) is 18.2. The van der Waals surface area contributed by atoms with E-state index in [2.05, 4.69) is 20.5 Å². The largest absolute Gasteiger partial charge is 0.437 e. The maximum atomic E-state index is 13.5. The third-order valence-corrected chi connectivity index (χ3v) is 6.87. The summed E-state index contributed by atoms with van der Waals surface area (Å²) in [5, 5.41) is 11.7. The average Bonchev–Trinajstić information content (AvgIpc) is 3.60. The van der Waals surface area contributed by atoms with E-state index in [1.54, 1.807) is 23.0 Å². The van der Waals surface area contributed by atoms with Crippen LogP contribution in [0, 0.1) is 12.8 Å². The lowest BCUT2D eigenvalue weighted by Crippen LogP contribution is -2.36. The fourth-order valence-electron chi connectivity index (χ4n) is 5.07. The summed E-state index contributed by atoms with van der Waals surface area (Å²) in [4.78, 5) is 30.8. The Labute approximate surface area is 221 Å². The van der Waals surface area contributed by atoms with Gasteiger partial charge in [0, 0.05) is 30.1 Å². The second-order valence-electron chi connectivity index (χ2n) is 10.5. The molecule has 1 unspecified atom stereocenters. The van der Waals surface area contributed by atoms with E-state index < -0.39 is 17.4 Å². The van der Waals surface area contributed by atoms with Gasteiger partial charge in [0.15, 0.2) is 17.4 Å². The fraction of sp³-hybridized carbons (Fsp3) is 0.519. The van der Waals surface area contributed by atoms with Crippen molar-refractivity contribution in [2.45, 2.75) is 77.4 Å². The van der Waals surface area contributed by atoms with Crippen LogP contribution in [0.1, 0.15) is 57.7 Å². The lowest BCUT2D eigenvalue weighted by Gasteiger charge is -2.21. The molecule has 1 aliphatic carbocycles. The van der Waals surface area contributed by atoms with Crippen molar-refractivity contribution in [3.8, 4) is 11.6 Å². The minimum atomic E-state index is -0.769. The van der Waals surface area contributed by atoms with Gasteiger partial charge in [-0.15, -0.1) is 0 Å².